The van der Waals surface area contributed by atoms with Crippen LogP contribution in [0.3, 0.4) is 0 Å². The average molecular weight is 324 g/mol. The highest BCUT2D eigenvalue weighted by Gasteiger charge is 2.21. The van der Waals surface area contributed by atoms with Gasteiger partial charge in [0.1, 0.15) is 0 Å². The highest BCUT2D eigenvalue weighted by Crippen LogP contribution is 2.35. The third-order valence-corrected chi connectivity index (χ3v) is 6.44. The van der Waals surface area contributed by atoms with Crippen LogP contribution in [0, 0.1) is 23.7 Å². The Kier molecular flexibility index (Phi) is 11.3. The van der Waals surface area contributed by atoms with E-state index in [-0.39, 0.29) is 0 Å². The Morgan fingerprint density at radius 1 is 0.957 bits per heavy atom. The van der Waals surface area contributed by atoms with E-state index in [0.29, 0.717) is 0 Å². The average Bonchev–Trinajstić information content (AvgIpc) is 2.45. The number of rotatable bonds is 14. The zero-order chi connectivity index (χ0) is 17.1. The Hall–Kier alpha value is -0.0400. The van der Waals surface area contributed by atoms with Crippen LogP contribution in [-0.4, -0.2) is 25.5 Å². The molecule has 1 aliphatic carbocycles. The van der Waals surface area contributed by atoms with E-state index in [1.165, 1.54) is 83.6 Å². The van der Waals surface area contributed by atoms with Gasteiger partial charge in [0.05, 0.1) is 0 Å². The molecule has 1 heteroatoms. The van der Waals surface area contributed by atoms with Gasteiger partial charge in [-0.1, -0.05) is 78.6 Å². The monoisotopic (exact) mass is 323 g/mol. The van der Waals surface area contributed by atoms with Gasteiger partial charge < -0.3 is 4.90 Å². The minimum Gasteiger partial charge on any atom is -0.309 e. The summed E-state index contributed by atoms with van der Waals surface area (Å²) in [6.45, 7) is 8.54. The number of hydrogen-bond donors (Lipinski definition) is 0. The summed E-state index contributed by atoms with van der Waals surface area (Å²) in [5.41, 5.74) is 0. The summed E-state index contributed by atoms with van der Waals surface area (Å²) < 4.78 is 0. The molecule has 1 fully saturated rings. The second kappa shape index (κ2) is 12.3. The van der Waals surface area contributed by atoms with Crippen LogP contribution in [0.5, 0.6) is 0 Å². The minimum absolute atomic E-state index is 0.911. The zero-order valence-electron chi connectivity index (χ0n) is 16.9. The molecular weight excluding hydrogens is 278 g/mol. The molecule has 23 heavy (non-hydrogen) atoms. The fourth-order valence-corrected chi connectivity index (χ4v) is 4.40. The molecule has 0 spiro atoms. The maximum atomic E-state index is 2.51. The standard InChI is InChI=1S/C22H45N/c1-6-10-20(14-15-21-12-8-13-21)16-17-22(7-2)19(3)11-9-18-23(4)5/h19-22H,6-18H2,1-5H3. The van der Waals surface area contributed by atoms with E-state index in [1.807, 2.05) is 0 Å². The van der Waals surface area contributed by atoms with E-state index in [2.05, 4.69) is 39.8 Å². The molecule has 0 radical (unpaired) electrons. The van der Waals surface area contributed by atoms with Crippen molar-refractivity contribution in [2.75, 3.05) is 20.6 Å². The van der Waals surface area contributed by atoms with Crippen LogP contribution in [0.2, 0.25) is 0 Å². The van der Waals surface area contributed by atoms with Crippen molar-refractivity contribution in [1.29, 1.82) is 0 Å². The van der Waals surface area contributed by atoms with E-state index in [0.717, 1.165) is 23.7 Å². The molecule has 0 aliphatic heterocycles. The Balaban J connectivity index is 2.26. The Morgan fingerprint density at radius 3 is 2.22 bits per heavy atom. The van der Waals surface area contributed by atoms with Crippen LogP contribution in [0.15, 0.2) is 0 Å². The maximum absolute atomic E-state index is 2.51. The van der Waals surface area contributed by atoms with Crippen LogP contribution in [0.25, 0.3) is 0 Å². The fraction of sp³-hybridized carbons (Fsp3) is 1.00. The van der Waals surface area contributed by atoms with E-state index < -0.39 is 0 Å². The molecule has 138 valence electrons. The van der Waals surface area contributed by atoms with Crippen molar-refractivity contribution in [3.05, 3.63) is 0 Å². The maximum Gasteiger partial charge on any atom is -0.00247 e. The van der Waals surface area contributed by atoms with Crippen molar-refractivity contribution in [1.82, 2.24) is 4.90 Å². The first-order chi connectivity index (χ1) is 11.1. The van der Waals surface area contributed by atoms with Crippen LogP contribution in [0.4, 0.5) is 0 Å². The predicted octanol–water partition coefficient (Wildman–Crippen LogP) is 6.77. The topological polar surface area (TPSA) is 3.24 Å². The number of nitrogens with zero attached hydrogens (tertiary/aromatic N) is 1. The van der Waals surface area contributed by atoms with Crippen LogP contribution in [-0.2, 0) is 0 Å². The smallest absolute Gasteiger partial charge is 0.00247 e. The summed E-state index contributed by atoms with van der Waals surface area (Å²) >= 11 is 0. The summed E-state index contributed by atoms with van der Waals surface area (Å²) in [5.74, 6) is 3.99. The molecular formula is C22H45N. The molecule has 0 bridgehead atoms. The quantitative estimate of drug-likeness (QED) is 0.341. The van der Waals surface area contributed by atoms with Crippen molar-refractivity contribution < 1.29 is 0 Å². The van der Waals surface area contributed by atoms with Gasteiger partial charge >= 0.3 is 0 Å². The highest BCUT2D eigenvalue weighted by atomic mass is 15.0. The lowest BCUT2D eigenvalue weighted by molar-refractivity contribution is 0.234. The normalized spacial score (nSPS) is 19.6. The SMILES string of the molecule is CCCC(CCC1CCC1)CCC(CC)C(C)CCCN(C)C. The Morgan fingerprint density at radius 2 is 1.70 bits per heavy atom. The third kappa shape index (κ3) is 9.13. The lowest BCUT2D eigenvalue weighted by Crippen LogP contribution is -2.18. The largest absolute Gasteiger partial charge is 0.309 e. The van der Waals surface area contributed by atoms with Gasteiger partial charge in [0, 0.05) is 0 Å². The molecule has 0 amide bonds. The summed E-state index contributed by atoms with van der Waals surface area (Å²) in [6, 6.07) is 0. The predicted molar refractivity (Wildman–Crippen MR) is 105 cm³/mol. The summed E-state index contributed by atoms with van der Waals surface area (Å²) in [5, 5.41) is 0. The fourth-order valence-electron chi connectivity index (χ4n) is 4.40. The summed E-state index contributed by atoms with van der Waals surface area (Å²) in [7, 11) is 4.39. The van der Waals surface area contributed by atoms with Gasteiger partial charge in [-0.05, 0) is 63.6 Å². The molecule has 1 rings (SSSR count). The van der Waals surface area contributed by atoms with Gasteiger partial charge in [-0.2, -0.15) is 0 Å². The molecule has 1 aliphatic rings. The van der Waals surface area contributed by atoms with Crippen LogP contribution >= 0.6 is 0 Å². The first-order valence-electron chi connectivity index (χ1n) is 10.7. The molecule has 1 nitrogen and oxygen atoms in total. The van der Waals surface area contributed by atoms with Gasteiger partial charge in [0.25, 0.3) is 0 Å². The lowest BCUT2D eigenvalue weighted by atomic mass is 9.77. The first kappa shape index (κ1) is 21.0. The molecule has 0 saturated heterocycles. The van der Waals surface area contributed by atoms with Crippen molar-refractivity contribution in [3.8, 4) is 0 Å². The molecule has 0 aromatic carbocycles. The van der Waals surface area contributed by atoms with E-state index in [1.54, 1.807) is 0 Å². The molecule has 0 N–H and O–H groups in total. The van der Waals surface area contributed by atoms with Crippen LogP contribution < -0.4 is 0 Å². The Bertz CT molecular complexity index is 269. The van der Waals surface area contributed by atoms with Crippen molar-refractivity contribution in [3.63, 3.8) is 0 Å². The third-order valence-electron chi connectivity index (χ3n) is 6.44. The van der Waals surface area contributed by atoms with Crippen molar-refractivity contribution in [2.45, 2.75) is 97.8 Å². The first-order valence-corrected chi connectivity index (χ1v) is 10.7. The van der Waals surface area contributed by atoms with Gasteiger partial charge in [0.2, 0.25) is 0 Å². The van der Waals surface area contributed by atoms with Crippen molar-refractivity contribution >= 4 is 0 Å². The highest BCUT2D eigenvalue weighted by molar-refractivity contribution is 4.73. The molecule has 0 aromatic rings. The second-order valence-corrected chi connectivity index (χ2v) is 8.70. The molecule has 1 saturated carbocycles. The number of hydrogen-bond acceptors (Lipinski definition) is 1. The molecule has 0 aromatic heterocycles. The van der Waals surface area contributed by atoms with Gasteiger partial charge in [-0.25, -0.2) is 0 Å². The van der Waals surface area contributed by atoms with E-state index >= 15 is 0 Å². The van der Waals surface area contributed by atoms with Gasteiger partial charge in [-0.15, -0.1) is 0 Å². The molecule has 3 unspecified atom stereocenters. The Labute approximate surface area is 147 Å². The van der Waals surface area contributed by atoms with Crippen molar-refractivity contribution in [2.24, 2.45) is 23.7 Å². The summed E-state index contributed by atoms with van der Waals surface area (Å²) in [6.07, 6.45) is 17.6. The van der Waals surface area contributed by atoms with E-state index in [9.17, 15) is 0 Å². The van der Waals surface area contributed by atoms with Gasteiger partial charge in [0.15, 0.2) is 0 Å². The summed E-state index contributed by atoms with van der Waals surface area (Å²) in [4.78, 5) is 2.32. The van der Waals surface area contributed by atoms with E-state index in [4.69, 9.17) is 0 Å². The minimum atomic E-state index is 0.911. The molecule has 3 atom stereocenters. The lowest BCUT2D eigenvalue weighted by Gasteiger charge is -2.29. The second-order valence-electron chi connectivity index (χ2n) is 8.70. The van der Waals surface area contributed by atoms with Crippen LogP contribution in [0.1, 0.15) is 97.8 Å². The zero-order valence-corrected chi connectivity index (χ0v) is 16.9. The molecule has 0 heterocycles. The van der Waals surface area contributed by atoms with Gasteiger partial charge in [-0.3, -0.25) is 0 Å².